The van der Waals surface area contributed by atoms with Crippen molar-refractivity contribution in [2.24, 2.45) is 0 Å². The van der Waals surface area contributed by atoms with Gasteiger partial charge in [0.2, 0.25) is 0 Å². The number of benzene rings is 4. The fourth-order valence-corrected chi connectivity index (χ4v) is 17.0. The van der Waals surface area contributed by atoms with Gasteiger partial charge < -0.3 is 0 Å². The molecule has 4 aromatic carbocycles. The Balaban J connectivity index is 0.00000260. The van der Waals surface area contributed by atoms with Crippen LogP contribution in [-0.2, 0) is 21.3 Å². The van der Waals surface area contributed by atoms with Crippen LogP contribution in [0.1, 0.15) is 87.7 Å². The number of hydrogen-bond acceptors (Lipinski definition) is 2. The normalized spacial score (nSPS) is 13.3. The largest absolute Gasteiger partial charge is 0.147 e. The fraction of sp³-hybridized carbons (Fsp3) is 0.326. The molecule has 252 valence electrons. The average molecular weight is 759 g/mol. The molecule has 0 amide bonds. The van der Waals surface area contributed by atoms with E-state index in [-0.39, 0.29) is 24.8 Å². The maximum atomic E-state index is 2.59. The molecule has 0 fully saturated rings. The number of halogens is 2. The molecule has 48 heavy (non-hydrogen) atoms. The summed E-state index contributed by atoms with van der Waals surface area (Å²) in [6.45, 7) is 18.6. The first-order chi connectivity index (χ1) is 22.2. The number of anilines is 2. The molecule has 0 saturated heterocycles. The van der Waals surface area contributed by atoms with E-state index < -0.39 is 21.3 Å². The van der Waals surface area contributed by atoms with E-state index in [0.29, 0.717) is 27.8 Å². The number of hydrogen-bond donors (Lipinski definition) is 0. The summed E-state index contributed by atoms with van der Waals surface area (Å²) in [6.07, 6.45) is 8.24. The molecule has 0 saturated carbocycles. The van der Waals surface area contributed by atoms with E-state index in [1.165, 1.54) is 44.8 Å². The van der Waals surface area contributed by atoms with E-state index in [9.17, 15) is 0 Å². The van der Waals surface area contributed by atoms with Gasteiger partial charge in [-0.25, -0.2) is 0 Å². The van der Waals surface area contributed by atoms with E-state index in [4.69, 9.17) is 0 Å². The third-order valence-electron chi connectivity index (χ3n) is 9.60. The minimum Gasteiger partial charge on any atom is -0.147 e. The van der Waals surface area contributed by atoms with Gasteiger partial charge in [0.1, 0.15) is 0 Å². The van der Waals surface area contributed by atoms with Crippen molar-refractivity contribution in [1.82, 2.24) is 0 Å². The monoisotopic (exact) mass is 756 g/mol. The van der Waals surface area contributed by atoms with Crippen LogP contribution >= 0.6 is 24.8 Å². The Morgan fingerprint density at radius 3 is 1.35 bits per heavy atom. The molecule has 0 radical (unpaired) electrons. The van der Waals surface area contributed by atoms with Crippen LogP contribution in [0.4, 0.5) is 11.4 Å². The van der Waals surface area contributed by atoms with Gasteiger partial charge in [0.05, 0.1) is 0 Å². The second-order valence-corrected chi connectivity index (χ2v) is 20.3. The summed E-state index contributed by atoms with van der Waals surface area (Å²) in [4.78, 5) is 5.17. The van der Waals surface area contributed by atoms with Crippen molar-refractivity contribution in [2.75, 3.05) is 9.80 Å². The van der Waals surface area contributed by atoms with Crippen molar-refractivity contribution >= 4 is 39.4 Å². The Morgan fingerprint density at radius 1 is 0.583 bits per heavy atom. The number of nitrogens with zero attached hydrogens (tertiary/aromatic N) is 2. The summed E-state index contributed by atoms with van der Waals surface area (Å²) in [7, 11) is 0. The molecule has 0 spiro atoms. The van der Waals surface area contributed by atoms with Crippen LogP contribution in [-0.4, -0.2) is 27.4 Å². The zero-order chi connectivity index (χ0) is 32.5. The number of fused-ring (bicyclic) bond motifs is 3. The number of allylic oxidation sites excluding steroid dienone is 4. The Kier molecular flexibility index (Phi) is 13.0. The molecule has 2 aliphatic rings. The summed E-state index contributed by atoms with van der Waals surface area (Å²) < 4.78 is 3.65. The van der Waals surface area contributed by atoms with Gasteiger partial charge in [-0.05, 0) is 0 Å². The van der Waals surface area contributed by atoms with Crippen LogP contribution in [0, 0.1) is 0 Å². The van der Waals surface area contributed by atoms with Crippen LogP contribution in [0.2, 0.25) is 0 Å². The summed E-state index contributed by atoms with van der Waals surface area (Å²) in [5, 5.41) is 0. The van der Waals surface area contributed by atoms with Crippen LogP contribution in [0.25, 0.3) is 11.1 Å². The fourth-order valence-electron chi connectivity index (χ4n) is 8.08. The first kappa shape index (κ1) is 38.1. The molecular weight excluding hydrogens is 707 g/mol. The Labute approximate surface area is 309 Å². The van der Waals surface area contributed by atoms with Gasteiger partial charge in [-0.15, -0.1) is 24.8 Å². The summed E-state index contributed by atoms with van der Waals surface area (Å²) >= 11 is -2.77. The third kappa shape index (κ3) is 7.40. The van der Waals surface area contributed by atoms with Gasteiger partial charge in [-0.3, -0.25) is 0 Å². The van der Waals surface area contributed by atoms with E-state index in [1.807, 2.05) is 0 Å². The molecule has 2 aliphatic carbocycles. The predicted octanol–water partition coefficient (Wildman–Crippen LogP) is 11.6. The summed E-state index contributed by atoms with van der Waals surface area (Å²) in [5.74, 6) is 0. The van der Waals surface area contributed by atoms with Gasteiger partial charge in [0, 0.05) is 0 Å². The van der Waals surface area contributed by atoms with E-state index >= 15 is 0 Å². The zero-order valence-electron chi connectivity index (χ0n) is 29.8. The third-order valence-corrected chi connectivity index (χ3v) is 17.9. The van der Waals surface area contributed by atoms with Crippen LogP contribution in [0.3, 0.4) is 0 Å². The Bertz CT molecular complexity index is 1660. The minimum atomic E-state index is -2.77. The van der Waals surface area contributed by atoms with Crippen LogP contribution in [0.15, 0.2) is 119 Å². The van der Waals surface area contributed by atoms with E-state index in [0.717, 1.165) is 6.42 Å². The molecule has 0 aliphatic heterocycles. The van der Waals surface area contributed by atoms with Gasteiger partial charge in [-0.1, -0.05) is 0 Å². The molecule has 0 N–H and O–H groups in total. The van der Waals surface area contributed by atoms with Crippen molar-refractivity contribution in [3.8, 4) is 11.1 Å². The molecule has 6 rings (SSSR count). The van der Waals surface area contributed by atoms with E-state index in [1.54, 1.807) is 6.49 Å². The molecular formula is C43H52Cl2N2Zr. The van der Waals surface area contributed by atoms with Crippen LogP contribution < -0.4 is 9.80 Å². The second kappa shape index (κ2) is 16.3. The van der Waals surface area contributed by atoms with Gasteiger partial charge >= 0.3 is 287 Å². The molecule has 4 aromatic rings. The van der Waals surface area contributed by atoms with E-state index in [2.05, 4.69) is 180 Å². The van der Waals surface area contributed by atoms with Crippen LogP contribution in [0.5, 0.6) is 0 Å². The summed E-state index contributed by atoms with van der Waals surface area (Å²) in [5.41, 5.74) is 11.4. The van der Waals surface area contributed by atoms with Crippen molar-refractivity contribution < 1.29 is 21.3 Å². The quantitative estimate of drug-likeness (QED) is 0.159. The first-order valence-corrected chi connectivity index (χ1v) is 21.1. The predicted molar refractivity (Wildman–Crippen MR) is 212 cm³/mol. The minimum absolute atomic E-state index is 0. The molecule has 0 atom stereocenters. The topological polar surface area (TPSA) is 6.48 Å². The summed E-state index contributed by atoms with van der Waals surface area (Å²) in [6, 6.07) is 39.1. The molecule has 0 bridgehead atoms. The Hall–Kier alpha value is -2.71. The van der Waals surface area contributed by atoms with Crippen molar-refractivity contribution in [2.45, 2.75) is 89.6 Å². The maximum absolute atomic E-state index is 2.77. The standard InChI is InChI=1S/C25H35N2.C13H10.C5H5.2ClH.Zr/c1-16(2)26(17(3)4)22-9-11-24-20(14-22)13-21-15-23(10-12-25(21)24)27(18(5)6)19(7)8;1-3-7-12(8-4-1)11-13-9-5-2-6-10-13;1-2-4-5-3-1;;;/h9-19H,1-8H3;1-10H;1-3H,4H2;2*1H;. The number of rotatable bonds is 10. The molecule has 0 unspecified atom stereocenters. The van der Waals surface area contributed by atoms with Crippen molar-refractivity contribution in [3.63, 3.8) is 0 Å². The zero-order valence-corrected chi connectivity index (χ0v) is 33.9. The van der Waals surface area contributed by atoms with Crippen molar-refractivity contribution in [1.29, 1.82) is 0 Å². The van der Waals surface area contributed by atoms with Gasteiger partial charge in [-0.2, -0.15) is 0 Å². The molecule has 2 nitrogen and oxygen atoms in total. The molecule has 0 heterocycles. The SMILES string of the molecule is CC(C)N(c1ccc2c(c1)[CH]([Zr]([C]1=CC=CC1)=[C](c1ccccc1)c1ccccc1)c1cc(N(C(C)C)C(C)C)ccc1-2)C(C)C.Cl.Cl. The maximum Gasteiger partial charge on any atom is -0.147 e. The average Bonchev–Trinajstić information content (AvgIpc) is 3.66. The second-order valence-electron chi connectivity index (χ2n) is 14.0. The molecule has 5 heteroatoms. The molecule has 0 aromatic heterocycles. The first-order valence-electron chi connectivity index (χ1n) is 17.2. The van der Waals surface area contributed by atoms with Gasteiger partial charge in [0.25, 0.3) is 0 Å². The van der Waals surface area contributed by atoms with Gasteiger partial charge in [0.15, 0.2) is 0 Å². The smallest absolute Gasteiger partial charge is 0.147 e. The van der Waals surface area contributed by atoms with Crippen molar-refractivity contribution in [3.05, 3.63) is 141 Å². The Morgan fingerprint density at radius 2 is 1.00 bits per heavy atom.